The molecule has 16 nitrogen and oxygen atoms in total. The summed E-state index contributed by atoms with van der Waals surface area (Å²) in [5.74, 6) is -7.72. The van der Waals surface area contributed by atoms with Crippen molar-refractivity contribution in [2.45, 2.75) is 0 Å². The van der Waals surface area contributed by atoms with E-state index in [1.165, 1.54) is 60.7 Å². The Bertz CT molecular complexity index is 2340. The zero-order chi connectivity index (χ0) is 40.7. The zero-order valence-corrected chi connectivity index (χ0v) is 27.9. The van der Waals surface area contributed by atoms with Gasteiger partial charge in [-0.2, -0.15) is 0 Å². The second-order valence-electron chi connectivity index (χ2n) is 11.3. The molecule has 0 aliphatic carbocycles. The van der Waals surface area contributed by atoms with Crippen LogP contribution in [0.1, 0.15) is 47.8 Å². The van der Waals surface area contributed by atoms with Crippen molar-refractivity contribution in [3.8, 4) is 74.7 Å². The van der Waals surface area contributed by atoms with Gasteiger partial charge in [-0.25, -0.2) is 0 Å². The highest BCUT2D eigenvalue weighted by Crippen LogP contribution is 2.40. The highest BCUT2D eigenvalue weighted by Gasteiger charge is 2.21. The molecule has 0 saturated heterocycles. The summed E-state index contributed by atoms with van der Waals surface area (Å²) in [6.07, 6.45) is 0. The number of phenolic OH excluding ortho intramolecular Hbond substituents is 13. The van der Waals surface area contributed by atoms with Gasteiger partial charge in [-0.1, -0.05) is 0 Å². The normalized spacial score (nSPS) is 10.3. The van der Waals surface area contributed by atoms with E-state index in [0.717, 1.165) is 42.5 Å². The second-order valence-corrected chi connectivity index (χ2v) is 11.3. The monoisotopic (exact) mass is 754 g/mol. The van der Waals surface area contributed by atoms with Crippen molar-refractivity contribution in [1.29, 1.82) is 0 Å². The van der Waals surface area contributed by atoms with E-state index in [-0.39, 0.29) is 73.8 Å². The van der Waals surface area contributed by atoms with Crippen LogP contribution in [0.4, 0.5) is 0 Å². The fraction of sp³-hybridized carbons (Fsp3) is 0. The lowest BCUT2D eigenvalue weighted by atomic mass is 10.0. The van der Waals surface area contributed by atoms with Crippen LogP contribution in [-0.2, 0) is 0 Å². The van der Waals surface area contributed by atoms with Gasteiger partial charge in [0, 0.05) is 29.3 Å². The molecule has 6 aromatic carbocycles. The van der Waals surface area contributed by atoms with Crippen molar-refractivity contribution in [3.63, 3.8) is 0 Å². The number of hydrogen-bond acceptors (Lipinski definition) is 16. The summed E-state index contributed by atoms with van der Waals surface area (Å²) in [5, 5.41) is 121. The molecule has 0 fully saturated rings. The van der Waals surface area contributed by atoms with E-state index in [9.17, 15) is 55.2 Å². The molecule has 55 heavy (non-hydrogen) atoms. The van der Waals surface area contributed by atoms with Crippen molar-refractivity contribution in [2.75, 3.05) is 0 Å². The molecule has 0 amide bonds. The molecule has 0 spiro atoms. The lowest BCUT2D eigenvalue weighted by Crippen LogP contribution is -2.01. The van der Waals surface area contributed by atoms with Crippen molar-refractivity contribution in [2.24, 2.45) is 0 Å². The van der Waals surface area contributed by atoms with Crippen LogP contribution in [0.25, 0.3) is 0 Å². The molecule has 0 unspecified atom stereocenters. The predicted molar refractivity (Wildman–Crippen MR) is 191 cm³/mol. The molecule has 0 aliphatic heterocycles. The molecule has 0 radical (unpaired) electrons. The summed E-state index contributed by atoms with van der Waals surface area (Å²) in [7, 11) is 0. The standard InChI is InChI=1S/C13H10O7.C13H10O5.C13H10O4/c14-7-2-1-6(11(18)13(7)20)10(17)5-3-8(15)12(19)9(16)4-5;14-7-1-3-9(11(16)5-7)13(18)10-4-2-8(15)6-12(10)17;14-9-3-1-8(2-4-9)13(17)11-6-5-10(15)7-12(11)16/h1-4,14-16,18-20H;1-6,14-17H;1-7,14-16H. The Morgan fingerprint density at radius 3 is 1.05 bits per heavy atom. The smallest absolute Gasteiger partial charge is 0.201 e. The van der Waals surface area contributed by atoms with Crippen LogP contribution in [-0.4, -0.2) is 83.7 Å². The van der Waals surface area contributed by atoms with Gasteiger partial charge in [-0.05, 0) is 84.9 Å². The number of carbonyl (C=O) groups is 3. The molecular formula is C39H30O16. The largest absolute Gasteiger partial charge is 0.508 e. The van der Waals surface area contributed by atoms with E-state index in [4.69, 9.17) is 25.5 Å². The van der Waals surface area contributed by atoms with E-state index in [2.05, 4.69) is 0 Å². The van der Waals surface area contributed by atoms with Crippen molar-refractivity contribution >= 4 is 17.3 Å². The van der Waals surface area contributed by atoms with Gasteiger partial charge >= 0.3 is 0 Å². The third kappa shape index (κ3) is 9.16. The topological polar surface area (TPSA) is 314 Å². The molecule has 13 N–H and O–H groups in total. The summed E-state index contributed by atoms with van der Waals surface area (Å²) in [6, 6.07) is 20.4. The van der Waals surface area contributed by atoms with Crippen molar-refractivity contribution in [1.82, 2.24) is 0 Å². The van der Waals surface area contributed by atoms with Crippen molar-refractivity contribution < 1.29 is 80.8 Å². The van der Waals surface area contributed by atoms with E-state index in [1.54, 1.807) is 0 Å². The molecule has 6 aromatic rings. The fourth-order valence-electron chi connectivity index (χ4n) is 4.69. The minimum absolute atomic E-state index is 0.0474. The summed E-state index contributed by atoms with van der Waals surface area (Å²) in [6.45, 7) is 0. The number of rotatable bonds is 6. The number of ketones is 3. The first-order chi connectivity index (χ1) is 25.9. The SMILES string of the molecule is O=C(c1cc(O)c(O)c(O)c1)c1ccc(O)c(O)c1O.O=C(c1ccc(O)cc1)c1ccc(O)cc1O.O=C(c1ccc(O)cc1O)c1ccc(O)cc1O. The first kappa shape index (κ1) is 39.5. The Morgan fingerprint density at radius 2 is 0.636 bits per heavy atom. The summed E-state index contributed by atoms with van der Waals surface area (Å²) in [5.41, 5.74) is -0.206. The third-order valence-electron chi connectivity index (χ3n) is 7.51. The van der Waals surface area contributed by atoms with Crippen LogP contribution < -0.4 is 0 Å². The maximum atomic E-state index is 12.1. The van der Waals surface area contributed by atoms with Crippen LogP contribution in [0, 0.1) is 0 Å². The van der Waals surface area contributed by atoms with Crippen LogP contribution in [0.5, 0.6) is 74.7 Å². The van der Waals surface area contributed by atoms with E-state index in [1.807, 2.05) is 0 Å². The van der Waals surface area contributed by atoms with Gasteiger partial charge in [0.05, 0.1) is 22.3 Å². The third-order valence-corrected chi connectivity index (χ3v) is 7.51. The molecule has 282 valence electrons. The fourth-order valence-corrected chi connectivity index (χ4v) is 4.69. The Morgan fingerprint density at radius 1 is 0.273 bits per heavy atom. The number of carbonyl (C=O) groups excluding carboxylic acids is 3. The highest BCUT2D eigenvalue weighted by molar-refractivity contribution is 6.13. The van der Waals surface area contributed by atoms with Crippen LogP contribution in [0.15, 0.2) is 103 Å². The minimum atomic E-state index is -0.858. The molecule has 0 aromatic heterocycles. The highest BCUT2D eigenvalue weighted by atomic mass is 16.3. The van der Waals surface area contributed by atoms with Gasteiger partial charge in [-0.3, -0.25) is 14.4 Å². The van der Waals surface area contributed by atoms with Crippen LogP contribution in [0.3, 0.4) is 0 Å². The molecule has 0 aliphatic rings. The van der Waals surface area contributed by atoms with Gasteiger partial charge in [0.15, 0.2) is 46.1 Å². The number of phenols is 13. The average Bonchev–Trinajstić information content (AvgIpc) is 3.13. The number of benzene rings is 6. The van der Waals surface area contributed by atoms with Gasteiger partial charge in [-0.15, -0.1) is 0 Å². The maximum Gasteiger partial charge on any atom is 0.201 e. The summed E-state index contributed by atoms with van der Waals surface area (Å²) in [4.78, 5) is 36.1. The summed E-state index contributed by atoms with van der Waals surface area (Å²) >= 11 is 0. The maximum absolute atomic E-state index is 12.1. The molecule has 0 bridgehead atoms. The van der Waals surface area contributed by atoms with Gasteiger partial charge in [0.2, 0.25) is 5.75 Å². The first-order valence-electron chi connectivity index (χ1n) is 15.4. The zero-order valence-electron chi connectivity index (χ0n) is 27.9. The minimum Gasteiger partial charge on any atom is -0.508 e. The molecule has 0 heterocycles. The Hall–Kier alpha value is -8.27. The predicted octanol–water partition coefficient (Wildman–Crippen LogP) is 4.93. The quantitative estimate of drug-likeness (QED) is 0.0792. The second kappa shape index (κ2) is 16.4. The van der Waals surface area contributed by atoms with Crippen LogP contribution >= 0.6 is 0 Å². The molecular weight excluding hydrogens is 724 g/mol. The van der Waals surface area contributed by atoms with E-state index >= 15 is 0 Å². The van der Waals surface area contributed by atoms with Gasteiger partial charge < -0.3 is 66.4 Å². The average molecular weight is 755 g/mol. The Labute approximate surface area is 309 Å². The van der Waals surface area contributed by atoms with E-state index < -0.39 is 46.1 Å². The van der Waals surface area contributed by atoms with Crippen LogP contribution in [0.2, 0.25) is 0 Å². The van der Waals surface area contributed by atoms with E-state index in [0.29, 0.717) is 5.56 Å². The number of hydrogen-bond donors (Lipinski definition) is 13. The molecule has 0 saturated carbocycles. The summed E-state index contributed by atoms with van der Waals surface area (Å²) < 4.78 is 0. The number of aromatic hydroxyl groups is 13. The molecule has 16 heteroatoms. The Kier molecular flexibility index (Phi) is 11.8. The first-order valence-corrected chi connectivity index (χ1v) is 15.4. The van der Waals surface area contributed by atoms with Gasteiger partial charge in [0.1, 0.15) is 40.2 Å². The molecule has 6 rings (SSSR count). The lowest BCUT2D eigenvalue weighted by molar-refractivity contribution is 0.102. The van der Waals surface area contributed by atoms with Crippen molar-refractivity contribution in [3.05, 3.63) is 137 Å². The van der Waals surface area contributed by atoms with Gasteiger partial charge in [0.25, 0.3) is 0 Å². The molecule has 0 atom stereocenters. The Balaban J connectivity index is 0.000000184. The lowest BCUT2D eigenvalue weighted by Gasteiger charge is -2.08.